The average Bonchev–Trinajstić information content (AvgIpc) is 2.78. The minimum Gasteiger partial charge on any atom is -0.462 e. The molecule has 3 rings (SSSR count). The van der Waals surface area contributed by atoms with Crippen molar-refractivity contribution >= 4 is 29.3 Å². The molecule has 1 amide bonds. The first-order valence-electron chi connectivity index (χ1n) is 10.2. The van der Waals surface area contributed by atoms with E-state index in [0.29, 0.717) is 30.1 Å². The molecule has 160 valence electrons. The van der Waals surface area contributed by atoms with E-state index in [9.17, 15) is 9.59 Å². The molecule has 6 nitrogen and oxygen atoms in total. The lowest BCUT2D eigenvalue weighted by Gasteiger charge is -2.15. The normalized spacial score (nSPS) is 11.6. The first-order chi connectivity index (χ1) is 15.0. The molecule has 0 aliphatic carbocycles. The fourth-order valence-electron chi connectivity index (χ4n) is 2.95. The number of esters is 1. The molecule has 7 heteroatoms. The van der Waals surface area contributed by atoms with Gasteiger partial charge in [-0.2, -0.15) is 0 Å². The maximum absolute atomic E-state index is 12.8. The lowest BCUT2D eigenvalue weighted by atomic mass is 10.1. The van der Waals surface area contributed by atoms with Crippen molar-refractivity contribution in [2.24, 2.45) is 0 Å². The Kier molecular flexibility index (Phi) is 7.78. The molecule has 0 spiro atoms. The molecule has 0 aliphatic rings. The summed E-state index contributed by atoms with van der Waals surface area (Å²) in [6.07, 6.45) is 0.640. The summed E-state index contributed by atoms with van der Waals surface area (Å²) in [6.45, 7) is 5.90. The Labute approximate surface area is 186 Å². The fraction of sp³-hybridized carbons (Fsp3) is 0.250. The van der Waals surface area contributed by atoms with Gasteiger partial charge in [-0.3, -0.25) is 4.79 Å². The second kappa shape index (κ2) is 10.7. The summed E-state index contributed by atoms with van der Waals surface area (Å²) in [5.41, 5.74) is 2.92. The van der Waals surface area contributed by atoms with Crippen molar-refractivity contribution in [2.45, 2.75) is 37.5 Å². The van der Waals surface area contributed by atoms with Crippen LogP contribution >= 0.6 is 11.8 Å². The van der Waals surface area contributed by atoms with Crippen LogP contribution in [-0.4, -0.2) is 33.7 Å². The zero-order valence-electron chi connectivity index (χ0n) is 17.8. The van der Waals surface area contributed by atoms with Crippen LogP contribution < -0.4 is 5.32 Å². The Balaban J connectivity index is 1.70. The summed E-state index contributed by atoms with van der Waals surface area (Å²) < 4.78 is 4.98. The first kappa shape index (κ1) is 22.5. The van der Waals surface area contributed by atoms with Gasteiger partial charge in [-0.05, 0) is 50.6 Å². The van der Waals surface area contributed by atoms with Crippen LogP contribution in [0.2, 0.25) is 0 Å². The Morgan fingerprint density at radius 3 is 2.39 bits per heavy atom. The molecule has 1 unspecified atom stereocenters. The summed E-state index contributed by atoms with van der Waals surface area (Å²) in [5.74, 6) is 0.165. The van der Waals surface area contributed by atoms with E-state index in [4.69, 9.17) is 4.74 Å². The van der Waals surface area contributed by atoms with E-state index in [-0.39, 0.29) is 17.1 Å². The van der Waals surface area contributed by atoms with Crippen LogP contribution in [0.4, 0.5) is 5.69 Å². The molecule has 31 heavy (non-hydrogen) atoms. The predicted octanol–water partition coefficient (Wildman–Crippen LogP) is 5.14. The van der Waals surface area contributed by atoms with E-state index in [0.717, 1.165) is 16.3 Å². The van der Waals surface area contributed by atoms with Crippen LogP contribution in [0.3, 0.4) is 0 Å². The number of aromatic nitrogens is 2. The number of nitrogens with one attached hydrogen (secondary N) is 1. The third-order valence-electron chi connectivity index (χ3n) is 4.47. The third-order valence-corrected chi connectivity index (χ3v) is 5.76. The molecule has 0 saturated heterocycles. The Morgan fingerprint density at radius 2 is 1.74 bits per heavy atom. The fourth-order valence-corrected chi connectivity index (χ4v) is 3.94. The molecule has 1 atom stereocenters. The number of ether oxygens (including phenoxy) is 1. The highest BCUT2D eigenvalue weighted by atomic mass is 32.2. The number of aryl methyl sites for hydroxylation is 1. The first-order valence-corrected chi connectivity index (χ1v) is 11.0. The Bertz CT molecular complexity index is 1040. The smallest absolute Gasteiger partial charge is 0.338 e. The van der Waals surface area contributed by atoms with Crippen LogP contribution in [0.5, 0.6) is 0 Å². The monoisotopic (exact) mass is 435 g/mol. The topological polar surface area (TPSA) is 81.2 Å². The summed E-state index contributed by atoms with van der Waals surface area (Å²) in [6, 6.07) is 18.5. The maximum atomic E-state index is 12.8. The van der Waals surface area contributed by atoms with E-state index in [2.05, 4.69) is 15.3 Å². The van der Waals surface area contributed by atoms with Gasteiger partial charge in [0.15, 0.2) is 0 Å². The molecule has 0 radical (unpaired) electrons. The van der Waals surface area contributed by atoms with E-state index >= 15 is 0 Å². The Morgan fingerprint density at radius 1 is 1.03 bits per heavy atom. The number of hydrogen-bond acceptors (Lipinski definition) is 6. The lowest BCUT2D eigenvalue weighted by molar-refractivity contribution is -0.115. The second-order valence-corrected chi connectivity index (χ2v) is 8.03. The van der Waals surface area contributed by atoms with Gasteiger partial charge in [-0.1, -0.05) is 49.0 Å². The summed E-state index contributed by atoms with van der Waals surface area (Å²) >= 11 is 1.42. The summed E-state index contributed by atoms with van der Waals surface area (Å²) in [4.78, 5) is 33.6. The van der Waals surface area contributed by atoms with Crippen LogP contribution in [-0.2, 0) is 9.53 Å². The van der Waals surface area contributed by atoms with Gasteiger partial charge in [0.1, 0.15) is 10.9 Å². The van der Waals surface area contributed by atoms with Crippen molar-refractivity contribution in [3.05, 3.63) is 72.1 Å². The summed E-state index contributed by atoms with van der Waals surface area (Å²) in [5, 5.41) is 3.36. The maximum Gasteiger partial charge on any atom is 0.338 e. The number of benzene rings is 2. The molecule has 2 aromatic carbocycles. The highest BCUT2D eigenvalue weighted by Gasteiger charge is 2.20. The second-order valence-electron chi connectivity index (χ2n) is 6.81. The number of hydrogen-bond donors (Lipinski definition) is 1. The molecule has 0 aliphatic heterocycles. The van der Waals surface area contributed by atoms with Crippen molar-refractivity contribution in [1.82, 2.24) is 9.97 Å². The van der Waals surface area contributed by atoms with E-state index in [1.54, 1.807) is 31.2 Å². The number of carbonyl (C=O) groups excluding carboxylic acids is 2. The number of nitrogens with zero attached hydrogens (tertiary/aromatic N) is 2. The minimum absolute atomic E-state index is 0.117. The quantitative estimate of drug-likeness (QED) is 0.300. The average molecular weight is 436 g/mol. The third kappa shape index (κ3) is 6.15. The van der Waals surface area contributed by atoms with Gasteiger partial charge < -0.3 is 10.1 Å². The van der Waals surface area contributed by atoms with Gasteiger partial charge in [0.25, 0.3) is 0 Å². The van der Waals surface area contributed by atoms with Crippen LogP contribution in [0.25, 0.3) is 11.3 Å². The molecule has 0 fully saturated rings. The van der Waals surface area contributed by atoms with Gasteiger partial charge in [0, 0.05) is 11.3 Å². The zero-order chi connectivity index (χ0) is 22.2. The van der Waals surface area contributed by atoms with Crippen LogP contribution in [0.1, 0.15) is 36.5 Å². The standard InChI is InChI=1S/C24H25N3O3S/c1-4-21(23(28)27-19-13-11-18(12-14-19)24(29)30-5-2)31-22-15-20(25-16(3)26-22)17-9-7-6-8-10-17/h6-15,21H,4-5H2,1-3H3,(H,27,28). The van der Waals surface area contributed by atoms with Crippen LogP contribution in [0, 0.1) is 6.92 Å². The van der Waals surface area contributed by atoms with Gasteiger partial charge in [-0.15, -0.1) is 0 Å². The number of thioether (sulfide) groups is 1. The van der Waals surface area contributed by atoms with Crippen molar-refractivity contribution in [3.63, 3.8) is 0 Å². The SMILES string of the molecule is CCOC(=O)c1ccc(NC(=O)C(CC)Sc2cc(-c3ccccc3)nc(C)n2)cc1. The summed E-state index contributed by atoms with van der Waals surface area (Å²) in [7, 11) is 0. The molecular formula is C24H25N3O3S. The number of carbonyl (C=O) groups is 2. The number of amides is 1. The minimum atomic E-state index is -0.379. The zero-order valence-corrected chi connectivity index (χ0v) is 18.6. The van der Waals surface area contributed by atoms with Crippen molar-refractivity contribution in [1.29, 1.82) is 0 Å². The lowest BCUT2D eigenvalue weighted by Crippen LogP contribution is -2.24. The molecule has 1 N–H and O–H groups in total. The van der Waals surface area contributed by atoms with Gasteiger partial charge in [0.2, 0.25) is 5.91 Å². The van der Waals surface area contributed by atoms with Crippen molar-refractivity contribution < 1.29 is 14.3 Å². The predicted molar refractivity (Wildman–Crippen MR) is 123 cm³/mol. The van der Waals surface area contributed by atoms with Crippen LogP contribution in [0.15, 0.2) is 65.7 Å². The molecule has 1 heterocycles. The highest BCUT2D eigenvalue weighted by molar-refractivity contribution is 8.00. The van der Waals surface area contributed by atoms with Gasteiger partial charge in [0.05, 0.1) is 23.1 Å². The molecule has 0 bridgehead atoms. The Hall–Kier alpha value is -3.19. The van der Waals surface area contributed by atoms with Gasteiger partial charge >= 0.3 is 5.97 Å². The highest BCUT2D eigenvalue weighted by Crippen LogP contribution is 2.28. The van der Waals surface area contributed by atoms with Gasteiger partial charge in [-0.25, -0.2) is 14.8 Å². The van der Waals surface area contributed by atoms with Crippen molar-refractivity contribution in [3.8, 4) is 11.3 Å². The molecular weight excluding hydrogens is 410 g/mol. The molecule has 3 aromatic rings. The van der Waals surface area contributed by atoms with E-state index in [1.165, 1.54) is 11.8 Å². The largest absolute Gasteiger partial charge is 0.462 e. The number of anilines is 1. The van der Waals surface area contributed by atoms with E-state index in [1.807, 2.05) is 50.2 Å². The van der Waals surface area contributed by atoms with E-state index < -0.39 is 0 Å². The molecule has 1 aromatic heterocycles. The number of rotatable bonds is 8. The van der Waals surface area contributed by atoms with Crippen molar-refractivity contribution in [2.75, 3.05) is 11.9 Å². The molecule has 0 saturated carbocycles.